The number of hydrogen-bond donors (Lipinski definition) is 1. The summed E-state index contributed by atoms with van der Waals surface area (Å²) >= 11 is 0. The molecule has 0 spiro atoms. The number of hydrogen-bond acceptors (Lipinski definition) is 4. The number of amides is 1. The molecule has 7 heteroatoms. The third kappa shape index (κ3) is 7.95. The predicted molar refractivity (Wildman–Crippen MR) is 117 cm³/mol. The van der Waals surface area contributed by atoms with Crippen LogP contribution in [0.4, 0.5) is 0 Å². The molecule has 162 valence electrons. The number of carbonyl (C=O) groups is 1. The highest BCUT2D eigenvalue weighted by Crippen LogP contribution is 2.11. The zero-order valence-corrected chi connectivity index (χ0v) is 18.5. The minimum atomic E-state index is 0.313. The highest BCUT2D eigenvalue weighted by atomic mass is 16.2. The van der Waals surface area contributed by atoms with Crippen molar-refractivity contribution in [2.75, 3.05) is 79.5 Å². The Hall–Kier alpha value is -1.34. The van der Waals surface area contributed by atoms with E-state index in [1.54, 1.807) is 0 Å². The van der Waals surface area contributed by atoms with E-state index < -0.39 is 0 Å². The molecule has 2 aliphatic heterocycles. The third-order valence-electron chi connectivity index (χ3n) is 5.87. The number of nitrogens with zero attached hydrogens (tertiary/aromatic N) is 5. The van der Waals surface area contributed by atoms with Gasteiger partial charge in [0.1, 0.15) is 0 Å². The first kappa shape index (κ1) is 22.9. The molecule has 0 aromatic rings. The molecular weight excluding hydrogens is 352 g/mol. The molecule has 0 aromatic carbocycles. The average molecular weight is 395 g/mol. The SMILES string of the molecule is CCCCN(C)CCNC(=NC)N1CCN(CC(=O)N2CCCCCC2)CC1. The monoisotopic (exact) mass is 394 g/mol. The van der Waals surface area contributed by atoms with Gasteiger partial charge in [0, 0.05) is 59.4 Å². The Balaban J connectivity index is 1.67. The van der Waals surface area contributed by atoms with E-state index in [2.05, 4.69) is 43.9 Å². The number of piperazine rings is 1. The standard InChI is InChI=1S/C21H42N6O/c1-4-5-11-24(3)14-10-23-21(22-2)27-17-15-25(16-18-27)19-20(28)26-12-8-6-7-9-13-26/h4-19H2,1-3H3,(H,22,23). The Morgan fingerprint density at radius 2 is 1.64 bits per heavy atom. The second-order valence-corrected chi connectivity index (χ2v) is 8.19. The van der Waals surface area contributed by atoms with E-state index in [4.69, 9.17) is 0 Å². The number of likely N-dealkylation sites (N-methyl/N-ethyl adjacent to an activating group) is 1. The van der Waals surface area contributed by atoms with Gasteiger partial charge in [-0.3, -0.25) is 14.7 Å². The Labute approximate surface area is 172 Å². The Morgan fingerprint density at radius 1 is 0.964 bits per heavy atom. The molecule has 1 amide bonds. The van der Waals surface area contributed by atoms with Crippen molar-refractivity contribution in [3.05, 3.63) is 0 Å². The third-order valence-corrected chi connectivity index (χ3v) is 5.87. The second kappa shape index (κ2) is 13.0. The molecule has 1 N–H and O–H groups in total. The maximum absolute atomic E-state index is 12.6. The van der Waals surface area contributed by atoms with E-state index >= 15 is 0 Å². The van der Waals surface area contributed by atoms with E-state index in [1.807, 2.05) is 7.05 Å². The van der Waals surface area contributed by atoms with E-state index in [0.717, 1.165) is 77.7 Å². The topological polar surface area (TPSA) is 54.4 Å². The van der Waals surface area contributed by atoms with Crippen molar-refractivity contribution in [1.82, 2.24) is 24.9 Å². The van der Waals surface area contributed by atoms with Crippen LogP contribution in [0.5, 0.6) is 0 Å². The maximum Gasteiger partial charge on any atom is 0.236 e. The Bertz CT molecular complexity index is 468. The number of guanidine groups is 1. The quantitative estimate of drug-likeness (QED) is 0.497. The van der Waals surface area contributed by atoms with Gasteiger partial charge < -0.3 is 20.0 Å². The molecule has 2 heterocycles. The second-order valence-electron chi connectivity index (χ2n) is 8.19. The summed E-state index contributed by atoms with van der Waals surface area (Å²) in [4.78, 5) is 26.1. The lowest BCUT2D eigenvalue weighted by molar-refractivity contribution is -0.132. The van der Waals surface area contributed by atoms with E-state index in [9.17, 15) is 4.79 Å². The van der Waals surface area contributed by atoms with Gasteiger partial charge in [0.25, 0.3) is 0 Å². The van der Waals surface area contributed by atoms with Crippen LogP contribution in [0.1, 0.15) is 45.4 Å². The summed E-state index contributed by atoms with van der Waals surface area (Å²) in [7, 11) is 4.04. The van der Waals surface area contributed by atoms with E-state index in [-0.39, 0.29) is 0 Å². The van der Waals surface area contributed by atoms with Crippen molar-refractivity contribution in [3.63, 3.8) is 0 Å². The molecule has 2 rings (SSSR count). The lowest BCUT2D eigenvalue weighted by atomic mass is 10.2. The highest BCUT2D eigenvalue weighted by Gasteiger charge is 2.23. The van der Waals surface area contributed by atoms with Crippen LogP contribution in [0.3, 0.4) is 0 Å². The molecule has 2 saturated heterocycles. The van der Waals surface area contributed by atoms with Gasteiger partial charge in [0.2, 0.25) is 5.91 Å². The molecule has 0 aromatic heterocycles. The molecule has 0 atom stereocenters. The largest absolute Gasteiger partial charge is 0.355 e. The van der Waals surface area contributed by atoms with Crippen LogP contribution >= 0.6 is 0 Å². The summed E-state index contributed by atoms with van der Waals surface area (Å²) in [5.41, 5.74) is 0. The molecule has 0 unspecified atom stereocenters. The maximum atomic E-state index is 12.6. The number of nitrogens with one attached hydrogen (secondary N) is 1. The first-order chi connectivity index (χ1) is 13.6. The smallest absolute Gasteiger partial charge is 0.236 e. The summed E-state index contributed by atoms with van der Waals surface area (Å²) in [6.45, 7) is 11.5. The average Bonchev–Trinajstić information content (AvgIpc) is 3.00. The van der Waals surface area contributed by atoms with Gasteiger partial charge in [0.05, 0.1) is 6.54 Å². The summed E-state index contributed by atoms with van der Waals surface area (Å²) in [6, 6.07) is 0. The van der Waals surface area contributed by atoms with Crippen LogP contribution < -0.4 is 5.32 Å². The van der Waals surface area contributed by atoms with Crippen molar-refractivity contribution in [1.29, 1.82) is 0 Å². The van der Waals surface area contributed by atoms with Gasteiger partial charge in [-0.25, -0.2) is 0 Å². The van der Waals surface area contributed by atoms with Gasteiger partial charge in [-0.1, -0.05) is 26.2 Å². The summed E-state index contributed by atoms with van der Waals surface area (Å²) < 4.78 is 0. The van der Waals surface area contributed by atoms with Gasteiger partial charge in [-0.2, -0.15) is 0 Å². The van der Waals surface area contributed by atoms with Crippen molar-refractivity contribution >= 4 is 11.9 Å². The van der Waals surface area contributed by atoms with Crippen molar-refractivity contribution in [3.8, 4) is 0 Å². The molecule has 0 saturated carbocycles. The zero-order chi connectivity index (χ0) is 20.2. The number of carbonyl (C=O) groups excluding carboxylic acids is 1. The van der Waals surface area contributed by atoms with E-state index in [0.29, 0.717) is 12.5 Å². The Kier molecular flexibility index (Phi) is 10.6. The van der Waals surface area contributed by atoms with Crippen molar-refractivity contribution in [2.24, 2.45) is 4.99 Å². The predicted octanol–water partition coefficient (Wildman–Crippen LogP) is 1.31. The van der Waals surface area contributed by atoms with Crippen LogP contribution in [0.2, 0.25) is 0 Å². The molecule has 0 radical (unpaired) electrons. The van der Waals surface area contributed by atoms with Gasteiger partial charge in [-0.05, 0) is 32.9 Å². The fourth-order valence-corrected chi connectivity index (χ4v) is 3.96. The molecular formula is C21H42N6O. The number of rotatable bonds is 8. The first-order valence-electron chi connectivity index (χ1n) is 11.3. The fraction of sp³-hybridized carbons (Fsp3) is 0.905. The first-order valence-corrected chi connectivity index (χ1v) is 11.3. The van der Waals surface area contributed by atoms with Crippen LogP contribution in [0.15, 0.2) is 4.99 Å². The zero-order valence-electron chi connectivity index (χ0n) is 18.5. The minimum Gasteiger partial charge on any atom is -0.355 e. The molecule has 2 fully saturated rings. The van der Waals surface area contributed by atoms with Crippen molar-refractivity contribution in [2.45, 2.75) is 45.4 Å². The van der Waals surface area contributed by atoms with Crippen LogP contribution in [-0.2, 0) is 4.79 Å². The fourth-order valence-electron chi connectivity index (χ4n) is 3.96. The lowest BCUT2D eigenvalue weighted by Crippen LogP contribution is -2.54. The number of aliphatic imine (C=N–C) groups is 1. The van der Waals surface area contributed by atoms with Crippen molar-refractivity contribution < 1.29 is 4.79 Å². The molecule has 0 aliphatic carbocycles. The van der Waals surface area contributed by atoms with Crippen LogP contribution in [0, 0.1) is 0 Å². The van der Waals surface area contributed by atoms with Crippen LogP contribution in [0.25, 0.3) is 0 Å². The number of likely N-dealkylation sites (tertiary alicyclic amines) is 1. The van der Waals surface area contributed by atoms with E-state index in [1.165, 1.54) is 25.7 Å². The minimum absolute atomic E-state index is 0.313. The van der Waals surface area contributed by atoms with Gasteiger partial charge in [0.15, 0.2) is 5.96 Å². The molecule has 2 aliphatic rings. The highest BCUT2D eigenvalue weighted by molar-refractivity contribution is 5.80. The molecule has 7 nitrogen and oxygen atoms in total. The van der Waals surface area contributed by atoms with Gasteiger partial charge in [-0.15, -0.1) is 0 Å². The summed E-state index contributed by atoms with van der Waals surface area (Å²) in [6.07, 6.45) is 7.35. The Morgan fingerprint density at radius 3 is 2.25 bits per heavy atom. The van der Waals surface area contributed by atoms with Crippen LogP contribution in [-0.4, -0.2) is 111 Å². The molecule has 28 heavy (non-hydrogen) atoms. The van der Waals surface area contributed by atoms with Gasteiger partial charge >= 0.3 is 0 Å². The number of unbranched alkanes of at least 4 members (excludes halogenated alkanes) is 1. The summed E-state index contributed by atoms with van der Waals surface area (Å²) in [5.74, 6) is 1.30. The lowest BCUT2D eigenvalue weighted by Gasteiger charge is -2.37. The summed E-state index contributed by atoms with van der Waals surface area (Å²) in [5, 5.41) is 3.50. The normalized spacial score (nSPS) is 19.8. The molecule has 0 bridgehead atoms.